The van der Waals surface area contributed by atoms with Crippen molar-refractivity contribution < 1.29 is 14.0 Å². The van der Waals surface area contributed by atoms with Crippen molar-refractivity contribution in [2.45, 2.75) is 23.7 Å². The first-order valence-corrected chi connectivity index (χ1v) is 10.8. The van der Waals surface area contributed by atoms with Gasteiger partial charge in [-0.15, -0.1) is 10.2 Å². The second kappa shape index (κ2) is 8.30. The molecule has 1 aliphatic rings. The van der Waals surface area contributed by atoms with Crippen LogP contribution < -0.4 is 10.2 Å². The number of carbonyl (C=O) groups is 2. The summed E-state index contributed by atoms with van der Waals surface area (Å²) in [5.41, 5.74) is 2.07. The van der Waals surface area contributed by atoms with Gasteiger partial charge in [-0.25, -0.2) is 4.39 Å². The van der Waals surface area contributed by atoms with Crippen molar-refractivity contribution in [1.29, 1.82) is 0 Å². The topological polar surface area (TPSA) is 75.2 Å². The SMILES string of the molecule is C[C@H]1Cc2ccccc2N1C(=O)CSc1nnc(NC(=O)c2ccccc2F)s1. The van der Waals surface area contributed by atoms with Crippen LogP contribution >= 0.6 is 23.1 Å². The standard InChI is InChI=1S/C20H17FN4O2S2/c1-12-10-13-6-2-5-9-16(13)25(12)17(26)11-28-20-24-23-19(29-20)22-18(27)14-7-3-4-8-15(14)21/h2-9,12H,10-11H2,1H3,(H,22,23,27)/t12-/m0/s1. The number of nitrogens with zero attached hydrogens (tertiary/aromatic N) is 3. The van der Waals surface area contributed by atoms with Crippen LogP contribution in [-0.2, 0) is 11.2 Å². The monoisotopic (exact) mass is 428 g/mol. The summed E-state index contributed by atoms with van der Waals surface area (Å²) in [4.78, 5) is 26.7. The van der Waals surface area contributed by atoms with E-state index in [9.17, 15) is 14.0 Å². The number of fused-ring (bicyclic) bond motifs is 1. The van der Waals surface area contributed by atoms with Crippen molar-refractivity contribution in [3.05, 3.63) is 65.5 Å². The summed E-state index contributed by atoms with van der Waals surface area (Å²) >= 11 is 2.42. The Balaban J connectivity index is 1.37. The van der Waals surface area contributed by atoms with E-state index in [1.54, 1.807) is 6.07 Å². The summed E-state index contributed by atoms with van der Waals surface area (Å²) in [6.45, 7) is 2.03. The molecule has 9 heteroatoms. The fraction of sp³-hybridized carbons (Fsp3) is 0.200. The van der Waals surface area contributed by atoms with Crippen LogP contribution in [0.25, 0.3) is 0 Å². The van der Waals surface area contributed by atoms with Gasteiger partial charge in [0.25, 0.3) is 5.91 Å². The van der Waals surface area contributed by atoms with E-state index < -0.39 is 11.7 Å². The van der Waals surface area contributed by atoms with E-state index in [4.69, 9.17) is 0 Å². The molecule has 29 heavy (non-hydrogen) atoms. The molecule has 0 saturated heterocycles. The molecule has 0 spiro atoms. The molecule has 0 fully saturated rings. The summed E-state index contributed by atoms with van der Waals surface area (Å²) < 4.78 is 14.3. The Hall–Kier alpha value is -2.78. The normalized spacial score (nSPS) is 15.2. The van der Waals surface area contributed by atoms with Gasteiger partial charge in [0.1, 0.15) is 5.82 Å². The Morgan fingerprint density at radius 1 is 1.21 bits per heavy atom. The number of carbonyl (C=O) groups excluding carboxylic acids is 2. The highest BCUT2D eigenvalue weighted by Gasteiger charge is 2.30. The number of halogens is 1. The maximum atomic E-state index is 13.7. The Labute approximate surface area is 175 Å². The molecular formula is C20H17FN4O2S2. The molecule has 1 atom stereocenters. The van der Waals surface area contributed by atoms with Gasteiger partial charge < -0.3 is 4.90 Å². The van der Waals surface area contributed by atoms with Crippen molar-refractivity contribution in [2.24, 2.45) is 0 Å². The highest BCUT2D eigenvalue weighted by Crippen LogP contribution is 2.33. The molecule has 0 unspecified atom stereocenters. The second-order valence-corrected chi connectivity index (χ2v) is 8.74. The summed E-state index contributed by atoms with van der Waals surface area (Å²) in [7, 11) is 0. The number of hydrogen-bond acceptors (Lipinski definition) is 6. The maximum absolute atomic E-state index is 13.7. The molecule has 1 aromatic heterocycles. The van der Waals surface area contributed by atoms with Gasteiger partial charge in [0.05, 0.1) is 11.3 Å². The summed E-state index contributed by atoms with van der Waals surface area (Å²) in [6, 6.07) is 13.8. The third-order valence-corrected chi connectivity index (χ3v) is 6.50. The fourth-order valence-corrected chi connectivity index (χ4v) is 4.87. The van der Waals surface area contributed by atoms with Crippen LogP contribution in [0.4, 0.5) is 15.2 Å². The quantitative estimate of drug-likeness (QED) is 0.491. The zero-order valence-electron chi connectivity index (χ0n) is 15.5. The zero-order chi connectivity index (χ0) is 20.4. The smallest absolute Gasteiger partial charge is 0.260 e. The number of rotatable bonds is 5. The molecule has 0 radical (unpaired) electrons. The van der Waals surface area contributed by atoms with Crippen LogP contribution in [-0.4, -0.2) is 33.8 Å². The van der Waals surface area contributed by atoms with Gasteiger partial charge in [-0.1, -0.05) is 53.4 Å². The fourth-order valence-electron chi connectivity index (χ4n) is 3.27. The first kappa shape index (κ1) is 19.5. The van der Waals surface area contributed by atoms with Gasteiger partial charge in [-0.3, -0.25) is 14.9 Å². The van der Waals surface area contributed by atoms with Crippen LogP contribution in [0, 0.1) is 5.82 Å². The van der Waals surface area contributed by atoms with E-state index in [1.165, 1.54) is 35.5 Å². The van der Waals surface area contributed by atoms with Gasteiger partial charge >= 0.3 is 0 Å². The highest BCUT2D eigenvalue weighted by atomic mass is 32.2. The number of thioether (sulfide) groups is 1. The van der Waals surface area contributed by atoms with Crippen molar-refractivity contribution in [3.8, 4) is 0 Å². The molecule has 0 bridgehead atoms. The molecule has 4 rings (SSSR count). The molecule has 2 aromatic carbocycles. The molecule has 148 valence electrons. The maximum Gasteiger partial charge on any atom is 0.260 e. The van der Waals surface area contributed by atoms with Crippen LogP contribution in [0.1, 0.15) is 22.8 Å². The van der Waals surface area contributed by atoms with Crippen molar-refractivity contribution in [2.75, 3.05) is 16.0 Å². The predicted octanol–water partition coefficient (Wildman–Crippen LogP) is 4.00. The Morgan fingerprint density at radius 3 is 2.79 bits per heavy atom. The lowest BCUT2D eigenvalue weighted by atomic mass is 10.1. The minimum absolute atomic E-state index is 0.000378. The summed E-state index contributed by atoms with van der Waals surface area (Å²) in [5.74, 6) is -0.974. The first-order valence-electron chi connectivity index (χ1n) is 8.95. The minimum atomic E-state index is -0.602. The highest BCUT2D eigenvalue weighted by molar-refractivity contribution is 8.01. The minimum Gasteiger partial charge on any atom is -0.308 e. The Morgan fingerprint density at radius 2 is 1.97 bits per heavy atom. The third kappa shape index (κ3) is 4.15. The molecule has 2 amide bonds. The van der Waals surface area contributed by atoms with Gasteiger partial charge in [-0.05, 0) is 37.1 Å². The third-order valence-electron chi connectivity index (χ3n) is 4.54. The van der Waals surface area contributed by atoms with Gasteiger partial charge in [0, 0.05) is 11.7 Å². The largest absolute Gasteiger partial charge is 0.308 e. The molecule has 0 saturated carbocycles. The number of benzene rings is 2. The molecule has 1 N–H and O–H groups in total. The number of para-hydroxylation sites is 1. The van der Waals surface area contributed by atoms with Crippen LogP contribution in [0.3, 0.4) is 0 Å². The molecule has 0 aliphatic carbocycles. The van der Waals surface area contributed by atoms with Crippen LogP contribution in [0.2, 0.25) is 0 Å². The molecule has 2 heterocycles. The van der Waals surface area contributed by atoms with Gasteiger partial charge in [0.15, 0.2) is 4.34 Å². The number of hydrogen-bond donors (Lipinski definition) is 1. The number of amides is 2. The van der Waals surface area contributed by atoms with Gasteiger partial charge in [-0.2, -0.15) is 0 Å². The van der Waals surface area contributed by atoms with Crippen molar-refractivity contribution in [1.82, 2.24) is 10.2 Å². The summed E-state index contributed by atoms with van der Waals surface area (Å²) in [6.07, 6.45) is 0.845. The lowest BCUT2D eigenvalue weighted by Gasteiger charge is -2.22. The lowest BCUT2D eigenvalue weighted by Crippen LogP contribution is -2.36. The predicted molar refractivity (Wildman–Crippen MR) is 112 cm³/mol. The Kier molecular flexibility index (Phi) is 5.59. The molecule has 6 nitrogen and oxygen atoms in total. The van der Waals surface area contributed by atoms with Crippen molar-refractivity contribution >= 4 is 45.7 Å². The van der Waals surface area contributed by atoms with E-state index in [1.807, 2.05) is 36.1 Å². The number of nitrogens with one attached hydrogen (secondary N) is 1. The average Bonchev–Trinajstić information content (AvgIpc) is 3.29. The number of anilines is 2. The van der Waals surface area contributed by atoms with Crippen LogP contribution in [0.5, 0.6) is 0 Å². The zero-order valence-corrected chi connectivity index (χ0v) is 17.1. The Bertz CT molecular complexity index is 1070. The van der Waals surface area contributed by atoms with Crippen LogP contribution in [0.15, 0.2) is 52.9 Å². The lowest BCUT2D eigenvalue weighted by molar-refractivity contribution is -0.116. The molecule has 1 aliphatic heterocycles. The van der Waals surface area contributed by atoms with E-state index in [0.29, 0.717) is 4.34 Å². The van der Waals surface area contributed by atoms with E-state index >= 15 is 0 Å². The van der Waals surface area contributed by atoms with Crippen molar-refractivity contribution in [3.63, 3.8) is 0 Å². The van der Waals surface area contributed by atoms with E-state index in [0.717, 1.165) is 23.4 Å². The average molecular weight is 429 g/mol. The van der Waals surface area contributed by atoms with E-state index in [2.05, 4.69) is 15.5 Å². The summed E-state index contributed by atoms with van der Waals surface area (Å²) in [5, 5.41) is 10.7. The van der Waals surface area contributed by atoms with E-state index in [-0.39, 0.29) is 28.4 Å². The molecular weight excluding hydrogens is 411 g/mol. The number of aromatic nitrogens is 2. The second-order valence-electron chi connectivity index (χ2n) is 6.54. The molecule has 3 aromatic rings. The first-order chi connectivity index (χ1) is 14.0. The van der Waals surface area contributed by atoms with Gasteiger partial charge in [0.2, 0.25) is 11.0 Å².